The number of halogens is 3. The van der Waals surface area contributed by atoms with Crippen LogP contribution in [0.25, 0.3) is 5.57 Å². The average molecular weight is 336 g/mol. The lowest BCUT2D eigenvalue weighted by molar-refractivity contribution is -0.134. The van der Waals surface area contributed by atoms with Crippen molar-refractivity contribution in [2.45, 2.75) is 13.8 Å². The summed E-state index contributed by atoms with van der Waals surface area (Å²) in [6, 6.07) is 4.85. The summed E-state index contributed by atoms with van der Waals surface area (Å²) in [6.45, 7) is 2.92. The molecule has 0 aliphatic carbocycles. The number of hydrogen-bond donors (Lipinski definition) is 1. The van der Waals surface area contributed by atoms with E-state index in [9.17, 15) is 14.7 Å². The van der Waals surface area contributed by atoms with Crippen molar-refractivity contribution in [2.75, 3.05) is 5.88 Å². The number of rotatable bonds is 5. The number of aliphatic carboxylic acids is 1. The van der Waals surface area contributed by atoms with Gasteiger partial charge in [0.2, 0.25) is 0 Å². The van der Waals surface area contributed by atoms with Crippen LogP contribution in [0.5, 0.6) is 0 Å². The number of carbonyl (C=O) groups excluding carboxylic acids is 1. The van der Waals surface area contributed by atoms with Crippen molar-refractivity contribution in [1.29, 1.82) is 0 Å². The van der Waals surface area contributed by atoms with Crippen LogP contribution in [0, 0.1) is 5.92 Å². The standard InChI is InChI=1S/C14H13Cl3O3/c1-7(6-15)11(12(8(2)18)14(19)20)9-4-3-5-10(16)13(9)17/h3-5,7H,6H2,1-2H3,(H,19,20). The molecule has 0 saturated heterocycles. The van der Waals surface area contributed by atoms with Crippen LogP contribution in [0.15, 0.2) is 23.8 Å². The van der Waals surface area contributed by atoms with Gasteiger partial charge in [0, 0.05) is 5.88 Å². The molecule has 0 bridgehead atoms. The van der Waals surface area contributed by atoms with E-state index < -0.39 is 11.8 Å². The number of benzene rings is 1. The Kier molecular flexibility index (Phi) is 6.06. The number of carboxylic acid groups (broad SMARTS) is 1. The maximum absolute atomic E-state index is 11.7. The van der Waals surface area contributed by atoms with E-state index in [0.29, 0.717) is 11.1 Å². The van der Waals surface area contributed by atoms with Gasteiger partial charge in [-0.2, -0.15) is 0 Å². The first-order valence-electron chi connectivity index (χ1n) is 5.80. The van der Waals surface area contributed by atoms with Gasteiger partial charge in [-0.25, -0.2) is 4.79 Å². The molecule has 1 N–H and O–H groups in total. The molecule has 0 aliphatic heterocycles. The highest BCUT2D eigenvalue weighted by Gasteiger charge is 2.26. The summed E-state index contributed by atoms with van der Waals surface area (Å²) in [7, 11) is 0. The lowest BCUT2D eigenvalue weighted by Gasteiger charge is -2.18. The van der Waals surface area contributed by atoms with E-state index in [1.807, 2.05) is 0 Å². The zero-order valence-corrected chi connectivity index (χ0v) is 13.2. The second kappa shape index (κ2) is 7.11. The fourth-order valence-corrected chi connectivity index (χ4v) is 2.45. The summed E-state index contributed by atoms with van der Waals surface area (Å²) in [4.78, 5) is 23.0. The SMILES string of the molecule is CC(=O)C(C(=O)O)=C(c1cccc(Cl)c1Cl)C(C)CCl. The van der Waals surface area contributed by atoms with Gasteiger partial charge in [0.15, 0.2) is 5.78 Å². The normalized spacial score (nSPS) is 13.7. The molecule has 0 saturated carbocycles. The van der Waals surface area contributed by atoms with Gasteiger partial charge in [0.05, 0.1) is 10.0 Å². The van der Waals surface area contributed by atoms with Gasteiger partial charge in [0.25, 0.3) is 0 Å². The smallest absolute Gasteiger partial charge is 0.339 e. The van der Waals surface area contributed by atoms with Crippen molar-refractivity contribution < 1.29 is 14.7 Å². The highest BCUT2D eigenvalue weighted by Crippen LogP contribution is 2.36. The molecule has 1 aromatic rings. The maximum Gasteiger partial charge on any atom is 0.339 e. The zero-order chi connectivity index (χ0) is 15.4. The molecule has 0 heterocycles. The van der Waals surface area contributed by atoms with Crippen LogP contribution in [0.2, 0.25) is 10.0 Å². The Hall–Kier alpha value is -1.03. The van der Waals surface area contributed by atoms with Crippen LogP contribution in [0.4, 0.5) is 0 Å². The van der Waals surface area contributed by atoms with Crippen LogP contribution in [0.3, 0.4) is 0 Å². The summed E-state index contributed by atoms with van der Waals surface area (Å²) in [5.74, 6) is -2.06. The van der Waals surface area contributed by atoms with Gasteiger partial charge in [-0.15, -0.1) is 11.6 Å². The highest BCUT2D eigenvalue weighted by atomic mass is 35.5. The predicted molar refractivity (Wildman–Crippen MR) is 81.6 cm³/mol. The van der Waals surface area contributed by atoms with E-state index in [1.54, 1.807) is 25.1 Å². The van der Waals surface area contributed by atoms with E-state index in [-0.39, 0.29) is 27.4 Å². The molecule has 1 atom stereocenters. The molecule has 0 aliphatic rings. The molecule has 3 nitrogen and oxygen atoms in total. The molecular formula is C14H13Cl3O3. The minimum absolute atomic E-state index is 0.155. The van der Waals surface area contributed by atoms with Crippen molar-refractivity contribution in [1.82, 2.24) is 0 Å². The monoisotopic (exact) mass is 334 g/mol. The van der Waals surface area contributed by atoms with Crippen molar-refractivity contribution in [3.05, 3.63) is 39.4 Å². The lowest BCUT2D eigenvalue weighted by atomic mass is 9.89. The molecule has 0 radical (unpaired) electrons. The third kappa shape index (κ3) is 3.54. The number of Topliss-reactive ketones (excluding diaryl/α,β-unsaturated/α-hetero) is 1. The molecule has 20 heavy (non-hydrogen) atoms. The highest BCUT2D eigenvalue weighted by molar-refractivity contribution is 6.43. The van der Waals surface area contributed by atoms with Crippen molar-refractivity contribution in [3.63, 3.8) is 0 Å². The minimum atomic E-state index is -1.31. The molecule has 108 valence electrons. The number of carboxylic acids is 1. The van der Waals surface area contributed by atoms with Crippen LogP contribution < -0.4 is 0 Å². The molecule has 0 spiro atoms. The molecule has 0 amide bonds. The number of allylic oxidation sites excluding steroid dienone is 1. The largest absolute Gasteiger partial charge is 0.478 e. The van der Waals surface area contributed by atoms with Gasteiger partial charge < -0.3 is 5.11 Å². The first-order valence-corrected chi connectivity index (χ1v) is 7.09. The summed E-state index contributed by atoms with van der Waals surface area (Å²) in [6.07, 6.45) is 0. The van der Waals surface area contributed by atoms with E-state index >= 15 is 0 Å². The van der Waals surface area contributed by atoms with Gasteiger partial charge in [-0.05, 0) is 30.0 Å². The second-order valence-electron chi connectivity index (χ2n) is 4.31. The van der Waals surface area contributed by atoms with E-state index in [4.69, 9.17) is 34.8 Å². The Bertz CT molecular complexity index is 563. The van der Waals surface area contributed by atoms with Crippen molar-refractivity contribution in [2.24, 2.45) is 5.92 Å². The topological polar surface area (TPSA) is 54.4 Å². The average Bonchev–Trinajstić information content (AvgIpc) is 2.37. The third-order valence-corrected chi connectivity index (χ3v) is 4.08. The maximum atomic E-state index is 11.7. The summed E-state index contributed by atoms with van der Waals surface area (Å²) >= 11 is 17.9. The quantitative estimate of drug-likeness (QED) is 0.378. The van der Waals surface area contributed by atoms with Gasteiger partial charge in [-0.1, -0.05) is 42.3 Å². The molecule has 6 heteroatoms. The van der Waals surface area contributed by atoms with Gasteiger partial charge in [0.1, 0.15) is 5.57 Å². The number of alkyl halides is 1. The van der Waals surface area contributed by atoms with Crippen molar-refractivity contribution in [3.8, 4) is 0 Å². The van der Waals surface area contributed by atoms with Gasteiger partial charge >= 0.3 is 5.97 Å². The minimum Gasteiger partial charge on any atom is -0.478 e. The predicted octanol–water partition coefficient (Wildman–Crippen LogP) is 4.30. The fourth-order valence-electron chi connectivity index (χ4n) is 1.89. The van der Waals surface area contributed by atoms with Crippen LogP contribution in [-0.2, 0) is 9.59 Å². The molecule has 1 unspecified atom stereocenters. The van der Waals surface area contributed by atoms with E-state index in [0.717, 1.165) is 0 Å². The van der Waals surface area contributed by atoms with Crippen molar-refractivity contribution >= 4 is 52.1 Å². The van der Waals surface area contributed by atoms with Gasteiger partial charge in [-0.3, -0.25) is 4.79 Å². The first kappa shape index (κ1) is 17.0. The number of carbonyl (C=O) groups is 2. The Morgan fingerprint density at radius 1 is 1.30 bits per heavy atom. The Morgan fingerprint density at radius 2 is 1.90 bits per heavy atom. The Morgan fingerprint density at radius 3 is 2.35 bits per heavy atom. The molecule has 0 aromatic heterocycles. The molecule has 1 aromatic carbocycles. The fraction of sp³-hybridized carbons (Fsp3) is 0.286. The van der Waals surface area contributed by atoms with E-state index in [1.165, 1.54) is 6.92 Å². The molecule has 1 rings (SSSR count). The second-order valence-corrected chi connectivity index (χ2v) is 5.40. The van der Waals surface area contributed by atoms with Crippen LogP contribution in [0.1, 0.15) is 19.4 Å². The van der Waals surface area contributed by atoms with E-state index in [2.05, 4.69) is 0 Å². The molecule has 0 fully saturated rings. The Balaban J connectivity index is 3.71. The molecular weight excluding hydrogens is 323 g/mol. The summed E-state index contributed by atoms with van der Waals surface area (Å²) < 4.78 is 0. The number of hydrogen-bond acceptors (Lipinski definition) is 2. The first-order chi connectivity index (χ1) is 9.31. The summed E-state index contributed by atoms with van der Waals surface area (Å²) in [5, 5.41) is 9.78. The lowest BCUT2D eigenvalue weighted by Crippen LogP contribution is -2.16. The zero-order valence-electron chi connectivity index (χ0n) is 10.9. The van der Waals surface area contributed by atoms with Crippen LogP contribution >= 0.6 is 34.8 Å². The third-order valence-electron chi connectivity index (χ3n) is 2.80. The number of ketones is 1. The Labute approximate surface area is 132 Å². The summed E-state index contributed by atoms with van der Waals surface area (Å²) in [5.41, 5.74) is 0.398. The van der Waals surface area contributed by atoms with Crippen LogP contribution in [-0.4, -0.2) is 22.7 Å².